The fraction of sp³-hybridized carbons (Fsp3) is 0.588. The van der Waals surface area contributed by atoms with E-state index in [2.05, 4.69) is 34.9 Å². The lowest BCUT2D eigenvalue weighted by Crippen LogP contribution is -2.34. The smallest absolute Gasteiger partial charge is 0.220 e. The second-order valence-corrected chi connectivity index (χ2v) is 5.67. The molecule has 2 N–H and O–H groups in total. The number of hydrogen-bond acceptors (Lipinski definition) is 3. The van der Waals surface area contributed by atoms with Gasteiger partial charge in [0.25, 0.3) is 0 Å². The summed E-state index contributed by atoms with van der Waals surface area (Å²) in [6.07, 6.45) is 3.91. The van der Waals surface area contributed by atoms with E-state index >= 15 is 0 Å². The first-order valence-electron chi connectivity index (χ1n) is 7.82. The first-order chi connectivity index (χ1) is 10.3. The fourth-order valence-corrected chi connectivity index (χ4v) is 2.87. The normalized spacial score (nSPS) is 17.3. The van der Waals surface area contributed by atoms with Gasteiger partial charge in [0, 0.05) is 33.2 Å². The number of aryl methyl sites for hydroxylation is 1. The fourth-order valence-electron chi connectivity index (χ4n) is 2.87. The van der Waals surface area contributed by atoms with E-state index in [4.69, 9.17) is 4.74 Å². The van der Waals surface area contributed by atoms with E-state index in [1.807, 2.05) is 0 Å². The van der Waals surface area contributed by atoms with Gasteiger partial charge in [-0.1, -0.05) is 24.3 Å². The maximum atomic E-state index is 11.9. The van der Waals surface area contributed by atoms with Gasteiger partial charge in [-0.25, -0.2) is 0 Å². The molecule has 0 aliphatic heterocycles. The van der Waals surface area contributed by atoms with Crippen LogP contribution in [0, 0.1) is 5.92 Å². The topological polar surface area (TPSA) is 50.4 Å². The standard InChI is InChI=1S/C17H26N2O2/c1-21-11-10-18-8-9-19-17(20)13-14-6-7-15-4-2-3-5-16(15)12-14/h2-5,14,18H,6-13H2,1H3,(H,19,20). The van der Waals surface area contributed by atoms with Gasteiger partial charge in [-0.3, -0.25) is 4.79 Å². The van der Waals surface area contributed by atoms with Crippen molar-refractivity contribution in [1.29, 1.82) is 0 Å². The van der Waals surface area contributed by atoms with Crippen molar-refractivity contribution < 1.29 is 9.53 Å². The zero-order valence-electron chi connectivity index (χ0n) is 12.9. The van der Waals surface area contributed by atoms with Crippen molar-refractivity contribution in [2.24, 2.45) is 5.92 Å². The molecule has 116 valence electrons. The second kappa shape index (κ2) is 8.80. The van der Waals surface area contributed by atoms with Gasteiger partial charge < -0.3 is 15.4 Å². The average molecular weight is 290 g/mol. The van der Waals surface area contributed by atoms with Crippen molar-refractivity contribution in [3.63, 3.8) is 0 Å². The van der Waals surface area contributed by atoms with E-state index < -0.39 is 0 Å². The Hall–Kier alpha value is -1.39. The lowest BCUT2D eigenvalue weighted by Gasteiger charge is -2.24. The molecule has 4 nitrogen and oxygen atoms in total. The van der Waals surface area contributed by atoms with Crippen molar-refractivity contribution in [1.82, 2.24) is 10.6 Å². The van der Waals surface area contributed by atoms with Crippen LogP contribution in [0.1, 0.15) is 24.0 Å². The van der Waals surface area contributed by atoms with Crippen LogP contribution in [0.2, 0.25) is 0 Å². The first kappa shape index (κ1) is 16.0. The molecule has 21 heavy (non-hydrogen) atoms. The van der Waals surface area contributed by atoms with E-state index in [-0.39, 0.29) is 5.91 Å². The second-order valence-electron chi connectivity index (χ2n) is 5.67. The zero-order valence-corrected chi connectivity index (χ0v) is 12.9. The number of carbonyl (C=O) groups excluding carboxylic acids is 1. The van der Waals surface area contributed by atoms with E-state index in [0.29, 0.717) is 25.5 Å². The number of hydrogen-bond donors (Lipinski definition) is 2. The Balaban J connectivity index is 1.63. The van der Waals surface area contributed by atoms with Crippen molar-refractivity contribution in [3.8, 4) is 0 Å². The van der Waals surface area contributed by atoms with Crippen LogP contribution in [0.25, 0.3) is 0 Å². The molecule has 0 spiro atoms. The number of fused-ring (bicyclic) bond motifs is 1. The summed E-state index contributed by atoms with van der Waals surface area (Å²) >= 11 is 0. The Morgan fingerprint density at radius 2 is 2.05 bits per heavy atom. The summed E-state index contributed by atoms with van der Waals surface area (Å²) in [4.78, 5) is 11.9. The lowest BCUT2D eigenvalue weighted by molar-refractivity contribution is -0.122. The molecule has 0 saturated carbocycles. The third-order valence-corrected chi connectivity index (χ3v) is 4.03. The number of rotatable bonds is 8. The number of carbonyl (C=O) groups is 1. The molecular weight excluding hydrogens is 264 g/mol. The zero-order chi connectivity index (χ0) is 14.9. The highest BCUT2D eigenvalue weighted by atomic mass is 16.5. The molecule has 1 aliphatic carbocycles. The van der Waals surface area contributed by atoms with Crippen LogP contribution in [0.5, 0.6) is 0 Å². The van der Waals surface area contributed by atoms with Gasteiger partial charge in [-0.2, -0.15) is 0 Å². The van der Waals surface area contributed by atoms with E-state index in [0.717, 1.165) is 32.4 Å². The molecule has 0 heterocycles. The Morgan fingerprint density at radius 3 is 2.86 bits per heavy atom. The van der Waals surface area contributed by atoms with Gasteiger partial charge in [0.05, 0.1) is 6.61 Å². The molecule has 0 fully saturated rings. The lowest BCUT2D eigenvalue weighted by atomic mass is 9.82. The minimum atomic E-state index is 0.174. The molecular formula is C17H26N2O2. The van der Waals surface area contributed by atoms with Crippen LogP contribution >= 0.6 is 0 Å². The molecule has 1 aliphatic rings. The summed E-state index contributed by atoms with van der Waals surface area (Å²) in [7, 11) is 1.69. The van der Waals surface area contributed by atoms with Gasteiger partial charge in [0.2, 0.25) is 5.91 Å². The molecule has 1 aromatic rings. The molecule has 1 unspecified atom stereocenters. The quantitative estimate of drug-likeness (QED) is 0.714. The van der Waals surface area contributed by atoms with E-state index in [1.165, 1.54) is 11.1 Å². The van der Waals surface area contributed by atoms with Crippen molar-refractivity contribution in [2.75, 3.05) is 33.4 Å². The molecule has 0 saturated heterocycles. The SMILES string of the molecule is COCCNCCNC(=O)CC1CCc2ccccc2C1. The summed E-state index contributed by atoms with van der Waals surface area (Å²) in [5.74, 6) is 0.661. The minimum Gasteiger partial charge on any atom is -0.383 e. The number of methoxy groups -OCH3 is 1. The maximum Gasteiger partial charge on any atom is 0.220 e. The van der Waals surface area contributed by atoms with Crippen LogP contribution in [0.3, 0.4) is 0 Å². The largest absolute Gasteiger partial charge is 0.383 e. The summed E-state index contributed by atoms with van der Waals surface area (Å²) < 4.78 is 4.95. The molecule has 0 radical (unpaired) electrons. The Kier molecular flexibility index (Phi) is 6.70. The molecule has 1 amide bonds. The van der Waals surface area contributed by atoms with Crippen molar-refractivity contribution >= 4 is 5.91 Å². The van der Waals surface area contributed by atoms with Crippen LogP contribution in [-0.4, -0.2) is 39.3 Å². The van der Waals surface area contributed by atoms with Gasteiger partial charge in [-0.05, 0) is 36.3 Å². The molecule has 1 aromatic carbocycles. The summed E-state index contributed by atoms with van der Waals surface area (Å²) in [5, 5.41) is 6.21. The number of amides is 1. The van der Waals surface area contributed by atoms with Gasteiger partial charge in [0.15, 0.2) is 0 Å². The highest BCUT2D eigenvalue weighted by Gasteiger charge is 2.20. The number of nitrogens with one attached hydrogen (secondary N) is 2. The maximum absolute atomic E-state index is 11.9. The third kappa shape index (κ3) is 5.48. The van der Waals surface area contributed by atoms with Crippen LogP contribution in [0.4, 0.5) is 0 Å². The van der Waals surface area contributed by atoms with Gasteiger partial charge >= 0.3 is 0 Å². The van der Waals surface area contributed by atoms with E-state index in [1.54, 1.807) is 7.11 Å². The Labute approximate surface area is 127 Å². The minimum absolute atomic E-state index is 0.174. The molecule has 2 rings (SSSR count). The molecule has 0 aromatic heterocycles. The highest BCUT2D eigenvalue weighted by Crippen LogP contribution is 2.27. The van der Waals surface area contributed by atoms with Crippen molar-refractivity contribution in [3.05, 3.63) is 35.4 Å². The average Bonchev–Trinajstić information content (AvgIpc) is 2.50. The number of ether oxygens (including phenoxy) is 1. The predicted molar refractivity (Wildman–Crippen MR) is 84.3 cm³/mol. The van der Waals surface area contributed by atoms with Crippen LogP contribution in [0.15, 0.2) is 24.3 Å². The summed E-state index contributed by atoms with van der Waals surface area (Å²) in [5.41, 5.74) is 2.87. The molecule has 1 atom stereocenters. The van der Waals surface area contributed by atoms with Crippen molar-refractivity contribution in [2.45, 2.75) is 25.7 Å². The van der Waals surface area contributed by atoms with Crippen LogP contribution < -0.4 is 10.6 Å². The Bertz CT molecular complexity index is 448. The highest BCUT2D eigenvalue weighted by molar-refractivity contribution is 5.76. The molecule has 0 bridgehead atoms. The first-order valence-corrected chi connectivity index (χ1v) is 7.82. The summed E-state index contributed by atoms with van der Waals surface area (Å²) in [6.45, 7) is 3.01. The molecule has 4 heteroatoms. The monoisotopic (exact) mass is 290 g/mol. The Morgan fingerprint density at radius 1 is 1.24 bits per heavy atom. The van der Waals surface area contributed by atoms with Crippen LogP contribution in [-0.2, 0) is 22.4 Å². The predicted octanol–water partition coefficient (Wildman–Crippen LogP) is 1.53. The van der Waals surface area contributed by atoms with Gasteiger partial charge in [0.1, 0.15) is 0 Å². The van der Waals surface area contributed by atoms with Gasteiger partial charge in [-0.15, -0.1) is 0 Å². The summed E-state index contributed by atoms with van der Waals surface area (Å²) in [6, 6.07) is 8.59. The van der Waals surface area contributed by atoms with E-state index in [9.17, 15) is 4.79 Å². The third-order valence-electron chi connectivity index (χ3n) is 4.03. The number of benzene rings is 1.